The molecule has 0 aliphatic rings. The largest absolute Gasteiger partial charge is 0.491 e. The molecule has 0 saturated carbocycles. The summed E-state index contributed by atoms with van der Waals surface area (Å²) in [6.07, 6.45) is 0.814. The number of ether oxygens (including phenoxy) is 1. The van der Waals surface area contributed by atoms with Crippen LogP contribution in [0.2, 0.25) is 0 Å². The summed E-state index contributed by atoms with van der Waals surface area (Å²) in [5, 5.41) is 12.1. The van der Waals surface area contributed by atoms with Gasteiger partial charge in [0.15, 0.2) is 0 Å². The molecule has 0 amide bonds. The molecule has 0 radical (unpaired) electrons. The van der Waals surface area contributed by atoms with Crippen LogP contribution in [0.1, 0.15) is 32.8 Å². The molecule has 0 fully saturated rings. The summed E-state index contributed by atoms with van der Waals surface area (Å²) in [6.45, 7) is 7.04. The summed E-state index contributed by atoms with van der Waals surface area (Å²) in [4.78, 5) is 10.9. The van der Waals surface area contributed by atoms with Gasteiger partial charge in [-0.1, -0.05) is 19.1 Å². The second-order valence-electron chi connectivity index (χ2n) is 4.88. The Morgan fingerprint density at radius 1 is 1.32 bits per heavy atom. The van der Waals surface area contributed by atoms with E-state index in [-0.39, 0.29) is 12.0 Å². The molecule has 4 nitrogen and oxygen atoms in total. The average molecular weight is 265 g/mol. The number of nitrogens with one attached hydrogen (secondary N) is 1. The molecule has 1 rings (SSSR count). The molecule has 0 heterocycles. The smallest absolute Gasteiger partial charge is 0.307 e. The number of carbonyl (C=O) groups is 1. The Balaban J connectivity index is 2.39. The van der Waals surface area contributed by atoms with E-state index in [1.807, 2.05) is 45.0 Å². The number of carboxylic acids is 1. The Bertz CT molecular complexity index is 387. The van der Waals surface area contributed by atoms with E-state index in [0.29, 0.717) is 19.5 Å². The van der Waals surface area contributed by atoms with Crippen LogP contribution < -0.4 is 10.1 Å². The Morgan fingerprint density at radius 3 is 2.42 bits per heavy atom. The van der Waals surface area contributed by atoms with Crippen LogP contribution in [0.3, 0.4) is 0 Å². The molecule has 0 bridgehead atoms. The minimum absolute atomic E-state index is 0.171. The summed E-state index contributed by atoms with van der Waals surface area (Å²) in [6, 6.07) is 7.86. The Kier molecular flexibility index (Phi) is 6.36. The highest BCUT2D eigenvalue weighted by Crippen LogP contribution is 2.13. The van der Waals surface area contributed by atoms with Gasteiger partial charge in [0.1, 0.15) is 5.75 Å². The fourth-order valence-electron chi connectivity index (χ4n) is 1.76. The van der Waals surface area contributed by atoms with Gasteiger partial charge < -0.3 is 15.2 Å². The van der Waals surface area contributed by atoms with Gasteiger partial charge >= 0.3 is 5.97 Å². The van der Waals surface area contributed by atoms with Crippen molar-refractivity contribution in [1.29, 1.82) is 0 Å². The van der Waals surface area contributed by atoms with E-state index in [9.17, 15) is 4.79 Å². The number of hydrogen-bond donors (Lipinski definition) is 2. The Morgan fingerprint density at radius 2 is 1.95 bits per heavy atom. The minimum Gasteiger partial charge on any atom is -0.491 e. The predicted octanol–water partition coefficient (Wildman–Crippen LogP) is 2.67. The monoisotopic (exact) mass is 265 g/mol. The first-order chi connectivity index (χ1) is 9.02. The second kappa shape index (κ2) is 7.79. The van der Waals surface area contributed by atoms with Crippen molar-refractivity contribution >= 4 is 5.97 Å². The van der Waals surface area contributed by atoms with Gasteiger partial charge in [-0.25, -0.2) is 0 Å². The Hall–Kier alpha value is -1.55. The quantitative estimate of drug-likeness (QED) is 0.758. The maximum absolute atomic E-state index is 10.9. The zero-order valence-corrected chi connectivity index (χ0v) is 11.8. The normalized spacial score (nSPS) is 12.4. The van der Waals surface area contributed by atoms with E-state index in [1.54, 1.807) is 0 Å². The SMILES string of the molecule is CCC(CNCc1ccc(OC(C)C)cc1)C(=O)O. The minimum atomic E-state index is -0.740. The lowest BCUT2D eigenvalue weighted by Crippen LogP contribution is -2.27. The molecule has 2 N–H and O–H groups in total. The number of aliphatic carboxylic acids is 1. The van der Waals surface area contributed by atoms with Crippen molar-refractivity contribution in [1.82, 2.24) is 5.32 Å². The lowest BCUT2D eigenvalue weighted by molar-refractivity contribution is -0.141. The van der Waals surface area contributed by atoms with E-state index in [2.05, 4.69) is 5.32 Å². The van der Waals surface area contributed by atoms with Crippen molar-refractivity contribution in [2.75, 3.05) is 6.54 Å². The van der Waals surface area contributed by atoms with Crippen LogP contribution in [0.4, 0.5) is 0 Å². The molecule has 0 aromatic heterocycles. The summed E-state index contributed by atoms with van der Waals surface area (Å²) < 4.78 is 5.56. The third-order valence-electron chi connectivity index (χ3n) is 2.86. The molecule has 0 aliphatic carbocycles. The van der Waals surface area contributed by atoms with E-state index in [1.165, 1.54) is 0 Å². The molecule has 19 heavy (non-hydrogen) atoms. The Labute approximate surface area is 114 Å². The first kappa shape index (κ1) is 15.5. The fraction of sp³-hybridized carbons (Fsp3) is 0.533. The topological polar surface area (TPSA) is 58.6 Å². The van der Waals surface area contributed by atoms with Crippen molar-refractivity contribution in [3.8, 4) is 5.75 Å². The van der Waals surface area contributed by atoms with Gasteiger partial charge in [0, 0.05) is 13.1 Å². The van der Waals surface area contributed by atoms with Gasteiger partial charge in [0.05, 0.1) is 12.0 Å². The first-order valence-electron chi connectivity index (χ1n) is 6.72. The van der Waals surface area contributed by atoms with E-state index in [0.717, 1.165) is 11.3 Å². The van der Waals surface area contributed by atoms with Crippen LogP contribution >= 0.6 is 0 Å². The van der Waals surface area contributed by atoms with Gasteiger partial charge in [-0.3, -0.25) is 4.79 Å². The number of rotatable bonds is 8. The van der Waals surface area contributed by atoms with Gasteiger partial charge in [-0.15, -0.1) is 0 Å². The lowest BCUT2D eigenvalue weighted by atomic mass is 10.1. The third kappa shape index (κ3) is 5.75. The van der Waals surface area contributed by atoms with Crippen molar-refractivity contribution in [3.63, 3.8) is 0 Å². The summed E-state index contributed by atoms with van der Waals surface area (Å²) in [5.74, 6) is -0.199. The zero-order chi connectivity index (χ0) is 14.3. The standard InChI is InChI=1S/C15H23NO3/c1-4-13(15(17)18)10-16-9-12-5-7-14(8-6-12)19-11(2)3/h5-8,11,13,16H,4,9-10H2,1-3H3,(H,17,18). The van der Waals surface area contributed by atoms with E-state index >= 15 is 0 Å². The molecule has 0 aliphatic heterocycles. The number of carboxylic acid groups (broad SMARTS) is 1. The van der Waals surface area contributed by atoms with Crippen LogP contribution in [0.25, 0.3) is 0 Å². The first-order valence-corrected chi connectivity index (χ1v) is 6.72. The van der Waals surface area contributed by atoms with Crippen molar-refractivity contribution in [2.45, 2.75) is 39.8 Å². The molecule has 1 aromatic rings. The summed E-state index contributed by atoms with van der Waals surface area (Å²) in [7, 11) is 0. The highest BCUT2D eigenvalue weighted by atomic mass is 16.5. The molecule has 1 atom stereocenters. The molecule has 0 spiro atoms. The van der Waals surface area contributed by atoms with Crippen LogP contribution in [0.15, 0.2) is 24.3 Å². The van der Waals surface area contributed by atoms with E-state index in [4.69, 9.17) is 9.84 Å². The fourth-order valence-corrected chi connectivity index (χ4v) is 1.76. The average Bonchev–Trinajstić information content (AvgIpc) is 2.35. The highest BCUT2D eigenvalue weighted by Gasteiger charge is 2.13. The van der Waals surface area contributed by atoms with Crippen molar-refractivity contribution in [2.24, 2.45) is 5.92 Å². The predicted molar refractivity (Wildman–Crippen MR) is 75.3 cm³/mol. The van der Waals surface area contributed by atoms with Crippen LogP contribution in [0.5, 0.6) is 5.75 Å². The molecule has 0 saturated heterocycles. The molecular formula is C15H23NO3. The third-order valence-corrected chi connectivity index (χ3v) is 2.86. The van der Waals surface area contributed by atoms with Gasteiger partial charge in [-0.2, -0.15) is 0 Å². The summed E-state index contributed by atoms with van der Waals surface area (Å²) >= 11 is 0. The molecular weight excluding hydrogens is 242 g/mol. The maximum Gasteiger partial charge on any atom is 0.307 e. The second-order valence-corrected chi connectivity index (χ2v) is 4.88. The lowest BCUT2D eigenvalue weighted by Gasteiger charge is -2.12. The highest BCUT2D eigenvalue weighted by molar-refractivity contribution is 5.70. The molecule has 106 valence electrons. The maximum atomic E-state index is 10.9. The molecule has 4 heteroatoms. The van der Waals surface area contributed by atoms with Gasteiger partial charge in [0.25, 0.3) is 0 Å². The molecule has 1 aromatic carbocycles. The van der Waals surface area contributed by atoms with E-state index < -0.39 is 5.97 Å². The van der Waals surface area contributed by atoms with Crippen molar-refractivity contribution < 1.29 is 14.6 Å². The van der Waals surface area contributed by atoms with Crippen LogP contribution in [-0.2, 0) is 11.3 Å². The van der Waals surface area contributed by atoms with Crippen LogP contribution in [0, 0.1) is 5.92 Å². The number of hydrogen-bond acceptors (Lipinski definition) is 3. The summed E-state index contributed by atoms with van der Waals surface area (Å²) in [5.41, 5.74) is 1.12. The number of benzene rings is 1. The van der Waals surface area contributed by atoms with Gasteiger partial charge in [0.2, 0.25) is 0 Å². The van der Waals surface area contributed by atoms with Crippen molar-refractivity contribution in [3.05, 3.63) is 29.8 Å². The molecule has 1 unspecified atom stereocenters. The zero-order valence-electron chi connectivity index (χ0n) is 11.8. The van der Waals surface area contributed by atoms with Gasteiger partial charge in [-0.05, 0) is 38.0 Å². The van der Waals surface area contributed by atoms with Crippen LogP contribution in [-0.4, -0.2) is 23.7 Å².